The van der Waals surface area contributed by atoms with E-state index < -0.39 is 5.92 Å². The summed E-state index contributed by atoms with van der Waals surface area (Å²) in [5.41, 5.74) is 0. The largest absolute Gasteiger partial charge is 0.491 e. The number of benzene rings is 1. The molecule has 1 rings (SSSR count). The zero-order valence-corrected chi connectivity index (χ0v) is 14.1. The minimum atomic E-state index is -0.417. The monoisotopic (exact) mass is 322 g/mol. The van der Waals surface area contributed by atoms with Gasteiger partial charge in [0, 0.05) is 12.8 Å². The molecular formula is C19H27FO3. The quantitative estimate of drug-likeness (QED) is 0.413. The molecule has 0 N–H and O–H groups in total. The zero-order valence-electron chi connectivity index (χ0n) is 14.1. The molecule has 0 aliphatic heterocycles. The predicted molar refractivity (Wildman–Crippen MR) is 89.1 cm³/mol. The lowest BCUT2D eigenvalue weighted by Crippen LogP contribution is -2.22. The third-order valence-corrected chi connectivity index (χ3v) is 3.96. The molecule has 0 atom stereocenters. The van der Waals surface area contributed by atoms with Crippen molar-refractivity contribution >= 4 is 11.6 Å². The average Bonchev–Trinajstić information content (AvgIpc) is 2.57. The zero-order chi connectivity index (χ0) is 17.1. The number of halogens is 1. The molecule has 0 aromatic heterocycles. The van der Waals surface area contributed by atoms with Crippen LogP contribution in [0.2, 0.25) is 0 Å². The highest BCUT2D eigenvalue weighted by Gasteiger charge is 2.22. The lowest BCUT2D eigenvalue weighted by Gasteiger charge is -2.13. The molecule has 3 nitrogen and oxygen atoms in total. The summed E-state index contributed by atoms with van der Waals surface area (Å²) in [7, 11) is 0. The van der Waals surface area contributed by atoms with Gasteiger partial charge in [0.25, 0.3) is 0 Å². The van der Waals surface area contributed by atoms with E-state index in [9.17, 15) is 14.0 Å². The molecule has 0 fully saturated rings. The van der Waals surface area contributed by atoms with Gasteiger partial charge in [-0.2, -0.15) is 0 Å². The maximum atomic E-state index is 13.3. The van der Waals surface area contributed by atoms with Crippen molar-refractivity contribution < 1.29 is 18.7 Å². The SMILES string of the molecule is CCC(=O)C(CCCCCCOc1ccccc1F)C(=O)CC. The number of rotatable bonds is 12. The van der Waals surface area contributed by atoms with Crippen molar-refractivity contribution in [2.75, 3.05) is 6.61 Å². The number of carbonyl (C=O) groups is 2. The van der Waals surface area contributed by atoms with E-state index in [4.69, 9.17) is 4.74 Å². The molecule has 0 heterocycles. The highest BCUT2D eigenvalue weighted by atomic mass is 19.1. The first-order valence-corrected chi connectivity index (χ1v) is 8.52. The second-order valence-electron chi connectivity index (χ2n) is 5.67. The molecular weight excluding hydrogens is 295 g/mol. The summed E-state index contributed by atoms with van der Waals surface area (Å²) in [5.74, 6) is -0.361. The number of ether oxygens (including phenoxy) is 1. The topological polar surface area (TPSA) is 43.4 Å². The molecule has 1 aromatic rings. The van der Waals surface area contributed by atoms with Crippen LogP contribution in [0.1, 0.15) is 58.8 Å². The Morgan fingerprint density at radius 3 is 2.22 bits per heavy atom. The molecule has 0 amide bonds. The number of hydrogen-bond acceptors (Lipinski definition) is 3. The molecule has 1 aromatic carbocycles. The van der Waals surface area contributed by atoms with Crippen LogP contribution in [0.4, 0.5) is 4.39 Å². The van der Waals surface area contributed by atoms with E-state index in [-0.39, 0.29) is 23.1 Å². The van der Waals surface area contributed by atoms with Crippen LogP contribution < -0.4 is 4.74 Å². The Morgan fingerprint density at radius 2 is 1.61 bits per heavy atom. The Kier molecular flexibility index (Phi) is 9.18. The van der Waals surface area contributed by atoms with Gasteiger partial charge in [0.15, 0.2) is 11.6 Å². The first-order chi connectivity index (χ1) is 11.1. The molecule has 0 aliphatic carbocycles. The fourth-order valence-electron chi connectivity index (χ4n) is 2.54. The molecule has 0 bridgehead atoms. The van der Waals surface area contributed by atoms with Gasteiger partial charge in [0.1, 0.15) is 11.6 Å². The van der Waals surface area contributed by atoms with Gasteiger partial charge < -0.3 is 4.74 Å². The van der Waals surface area contributed by atoms with E-state index in [1.165, 1.54) is 6.07 Å². The van der Waals surface area contributed by atoms with Gasteiger partial charge in [-0.3, -0.25) is 9.59 Å². The van der Waals surface area contributed by atoms with Crippen LogP contribution in [0.3, 0.4) is 0 Å². The summed E-state index contributed by atoms with van der Waals surface area (Å²) in [5, 5.41) is 0. The van der Waals surface area contributed by atoms with Crippen LogP contribution in [-0.4, -0.2) is 18.2 Å². The number of Topliss-reactive ketones (excluding diaryl/α,β-unsaturated/α-hetero) is 2. The molecule has 23 heavy (non-hydrogen) atoms. The Balaban J connectivity index is 2.18. The van der Waals surface area contributed by atoms with Crippen LogP contribution in [0.5, 0.6) is 5.75 Å². The second-order valence-corrected chi connectivity index (χ2v) is 5.67. The van der Waals surface area contributed by atoms with E-state index in [0.29, 0.717) is 25.9 Å². The van der Waals surface area contributed by atoms with Gasteiger partial charge in [0.2, 0.25) is 0 Å². The first-order valence-electron chi connectivity index (χ1n) is 8.52. The molecule has 0 saturated carbocycles. The molecule has 0 radical (unpaired) electrons. The van der Waals surface area contributed by atoms with E-state index in [0.717, 1.165) is 25.7 Å². The van der Waals surface area contributed by atoms with Crippen molar-refractivity contribution in [3.05, 3.63) is 30.1 Å². The van der Waals surface area contributed by atoms with Gasteiger partial charge in [-0.05, 0) is 25.0 Å². The average molecular weight is 322 g/mol. The summed E-state index contributed by atoms with van der Waals surface area (Å²) < 4.78 is 18.7. The summed E-state index contributed by atoms with van der Waals surface area (Å²) in [6.07, 6.45) is 5.09. The highest BCUT2D eigenvalue weighted by Crippen LogP contribution is 2.18. The standard InChI is InChI=1S/C19H27FO3/c1-3-17(21)15(18(22)4-2)11-7-5-6-10-14-23-19-13-9-8-12-16(19)20/h8-9,12-13,15H,3-7,10-11,14H2,1-2H3. The summed E-state index contributed by atoms with van der Waals surface area (Å²) in [4.78, 5) is 23.6. The van der Waals surface area contributed by atoms with Gasteiger partial charge in [-0.1, -0.05) is 45.2 Å². The predicted octanol–water partition coefficient (Wildman–Crippen LogP) is 4.73. The van der Waals surface area contributed by atoms with Crippen LogP contribution in [0.15, 0.2) is 24.3 Å². The van der Waals surface area contributed by atoms with Crippen LogP contribution >= 0.6 is 0 Å². The molecule has 0 spiro atoms. The van der Waals surface area contributed by atoms with Gasteiger partial charge in [-0.15, -0.1) is 0 Å². The van der Waals surface area contributed by atoms with E-state index >= 15 is 0 Å². The number of carbonyl (C=O) groups excluding carboxylic acids is 2. The minimum absolute atomic E-state index is 0.0553. The van der Waals surface area contributed by atoms with Crippen LogP contribution in [-0.2, 0) is 9.59 Å². The minimum Gasteiger partial charge on any atom is -0.491 e. The van der Waals surface area contributed by atoms with Crippen molar-refractivity contribution in [2.45, 2.75) is 58.8 Å². The van der Waals surface area contributed by atoms with Gasteiger partial charge in [0.05, 0.1) is 12.5 Å². The Bertz CT molecular complexity index is 483. The number of ketones is 2. The smallest absolute Gasteiger partial charge is 0.165 e. The molecule has 0 saturated heterocycles. The lowest BCUT2D eigenvalue weighted by atomic mass is 9.90. The third kappa shape index (κ3) is 6.93. The fourth-order valence-corrected chi connectivity index (χ4v) is 2.54. The second kappa shape index (κ2) is 10.9. The van der Waals surface area contributed by atoms with Crippen LogP contribution in [0.25, 0.3) is 0 Å². The van der Waals surface area contributed by atoms with Crippen molar-refractivity contribution in [1.82, 2.24) is 0 Å². The summed E-state index contributed by atoms with van der Waals surface area (Å²) in [6.45, 7) is 4.09. The van der Waals surface area contributed by atoms with Gasteiger partial charge >= 0.3 is 0 Å². The Labute approximate surface area is 138 Å². The van der Waals surface area contributed by atoms with Crippen molar-refractivity contribution in [1.29, 1.82) is 0 Å². The maximum Gasteiger partial charge on any atom is 0.165 e. The molecule has 0 unspecified atom stereocenters. The number of para-hydroxylation sites is 1. The number of hydrogen-bond donors (Lipinski definition) is 0. The van der Waals surface area contributed by atoms with Crippen molar-refractivity contribution in [3.63, 3.8) is 0 Å². The normalized spacial score (nSPS) is 10.8. The highest BCUT2D eigenvalue weighted by molar-refractivity contribution is 6.02. The van der Waals surface area contributed by atoms with E-state index in [2.05, 4.69) is 0 Å². The Hall–Kier alpha value is -1.71. The summed E-state index contributed by atoms with van der Waals surface area (Å²) >= 11 is 0. The third-order valence-electron chi connectivity index (χ3n) is 3.96. The molecule has 0 aliphatic rings. The molecule has 4 heteroatoms. The maximum absolute atomic E-state index is 13.3. The Morgan fingerprint density at radius 1 is 1.00 bits per heavy atom. The van der Waals surface area contributed by atoms with Gasteiger partial charge in [-0.25, -0.2) is 4.39 Å². The van der Waals surface area contributed by atoms with E-state index in [1.54, 1.807) is 32.0 Å². The number of unbranched alkanes of at least 4 members (excludes halogenated alkanes) is 3. The summed E-state index contributed by atoms with van der Waals surface area (Å²) in [6, 6.07) is 6.37. The fraction of sp³-hybridized carbons (Fsp3) is 0.579. The van der Waals surface area contributed by atoms with Crippen molar-refractivity contribution in [3.8, 4) is 5.75 Å². The molecule has 128 valence electrons. The lowest BCUT2D eigenvalue weighted by molar-refractivity contribution is -0.132. The van der Waals surface area contributed by atoms with Crippen LogP contribution in [0, 0.1) is 11.7 Å². The first kappa shape index (κ1) is 19.3. The van der Waals surface area contributed by atoms with Crippen molar-refractivity contribution in [2.24, 2.45) is 5.92 Å². The van der Waals surface area contributed by atoms with E-state index in [1.807, 2.05) is 0 Å².